The fourth-order valence-corrected chi connectivity index (χ4v) is 3.81. The number of piperidine rings is 1. The molecule has 1 heterocycles. The summed E-state index contributed by atoms with van der Waals surface area (Å²) >= 11 is 0. The Morgan fingerprint density at radius 3 is 2.71 bits per heavy atom. The molecule has 2 aromatic carbocycles. The van der Waals surface area contributed by atoms with Crippen molar-refractivity contribution in [1.82, 2.24) is 4.90 Å². The Labute approximate surface area is 142 Å². The lowest BCUT2D eigenvalue weighted by Crippen LogP contribution is -2.39. The standard InChI is InChI=1S/C21H22N2O/c22-12-16-5-6-18-11-19(8-7-17(18)10-16)21(24)20-2-1-9-23(14-20)13-15-3-4-15/h5-8,10-11,15,20H,1-4,9,13-14H2/t20-/m0/s1. The van der Waals surface area contributed by atoms with Crippen molar-refractivity contribution in [2.24, 2.45) is 11.8 Å². The van der Waals surface area contributed by atoms with Gasteiger partial charge in [-0.15, -0.1) is 0 Å². The molecule has 1 atom stereocenters. The van der Waals surface area contributed by atoms with Gasteiger partial charge in [0.05, 0.1) is 11.6 Å². The summed E-state index contributed by atoms with van der Waals surface area (Å²) in [5.41, 5.74) is 1.47. The number of likely N-dealkylation sites (tertiary alicyclic amines) is 1. The molecule has 2 fully saturated rings. The van der Waals surface area contributed by atoms with Crippen LogP contribution in [-0.2, 0) is 0 Å². The second kappa shape index (κ2) is 6.37. The van der Waals surface area contributed by atoms with Gasteiger partial charge in [0.1, 0.15) is 0 Å². The quantitative estimate of drug-likeness (QED) is 0.800. The maximum atomic E-state index is 12.9. The first-order valence-electron chi connectivity index (χ1n) is 8.93. The van der Waals surface area contributed by atoms with Gasteiger partial charge in [0, 0.05) is 24.6 Å². The highest BCUT2D eigenvalue weighted by atomic mass is 16.1. The van der Waals surface area contributed by atoms with Gasteiger partial charge in [-0.2, -0.15) is 5.26 Å². The average Bonchev–Trinajstić information content (AvgIpc) is 3.44. The van der Waals surface area contributed by atoms with E-state index in [4.69, 9.17) is 5.26 Å². The van der Waals surface area contributed by atoms with E-state index >= 15 is 0 Å². The Balaban J connectivity index is 1.52. The number of ketones is 1. The number of nitriles is 1. The number of rotatable bonds is 4. The molecule has 24 heavy (non-hydrogen) atoms. The van der Waals surface area contributed by atoms with Gasteiger partial charge in [-0.3, -0.25) is 4.79 Å². The predicted octanol–water partition coefficient (Wildman–Crippen LogP) is 4.02. The Bertz CT molecular complexity index is 816. The van der Waals surface area contributed by atoms with Gasteiger partial charge in [0.15, 0.2) is 5.78 Å². The van der Waals surface area contributed by atoms with Gasteiger partial charge in [0.2, 0.25) is 0 Å². The van der Waals surface area contributed by atoms with Crippen LogP contribution in [-0.4, -0.2) is 30.3 Å². The van der Waals surface area contributed by atoms with E-state index in [1.165, 1.54) is 19.4 Å². The summed E-state index contributed by atoms with van der Waals surface area (Å²) in [6, 6.07) is 13.7. The van der Waals surface area contributed by atoms with Crippen molar-refractivity contribution in [3.63, 3.8) is 0 Å². The molecule has 0 bridgehead atoms. The summed E-state index contributed by atoms with van der Waals surface area (Å²) in [5, 5.41) is 11.0. The fraction of sp³-hybridized carbons (Fsp3) is 0.429. The number of hydrogen-bond acceptors (Lipinski definition) is 3. The highest BCUT2D eigenvalue weighted by molar-refractivity contribution is 6.01. The molecule has 2 aromatic rings. The summed E-state index contributed by atoms with van der Waals surface area (Å²) in [4.78, 5) is 15.4. The van der Waals surface area contributed by atoms with Crippen LogP contribution in [0.25, 0.3) is 10.8 Å². The van der Waals surface area contributed by atoms with Crippen LogP contribution in [0.1, 0.15) is 41.6 Å². The first-order chi connectivity index (χ1) is 11.7. The Hall–Kier alpha value is -2.18. The Morgan fingerprint density at radius 1 is 1.12 bits per heavy atom. The van der Waals surface area contributed by atoms with Crippen molar-refractivity contribution >= 4 is 16.6 Å². The topological polar surface area (TPSA) is 44.1 Å². The molecule has 122 valence electrons. The van der Waals surface area contributed by atoms with E-state index in [9.17, 15) is 4.79 Å². The van der Waals surface area contributed by atoms with Crippen LogP contribution in [0.5, 0.6) is 0 Å². The van der Waals surface area contributed by atoms with Crippen LogP contribution >= 0.6 is 0 Å². The maximum Gasteiger partial charge on any atom is 0.167 e. The van der Waals surface area contributed by atoms with E-state index in [0.29, 0.717) is 5.56 Å². The molecule has 1 aliphatic heterocycles. The third-order valence-corrected chi connectivity index (χ3v) is 5.34. The van der Waals surface area contributed by atoms with Crippen molar-refractivity contribution < 1.29 is 4.79 Å². The van der Waals surface area contributed by atoms with Crippen LogP contribution in [0.15, 0.2) is 36.4 Å². The van der Waals surface area contributed by atoms with E-state index < -0.39 is 0 Å². The number of benzene rings is 2. The van der Waals surface area contributed by atoms with Gasteiger partial charge in [-0.1, -0.05) is 18.2 Å². The van der Waals surface area contributed by atoms with Crippen LogP contribution in [0.4, 0.5) is 0 Å². The van der Waals surface area contributed by atoms with Crippen LogP contribution < -0.4 is 0 Å². The molecule has 0 spiro atoms. The third-order valence-electron chi connectivity index (χ3n) is 5.34. The number of hydrogen-bond donors (Lipinski definition) is 0. The minimum Gasteiger partial charge on any atom is -0.302 e. The van der Waals surface area contributed by atoms with E-state index in [1.54, 1.807) is 0 Å². The monoisotopic (exact) mass is 318 g/mol. The highest BCUT2D eigenvalue weighted by Crippen LogP contribution is 2.32. The average molecular weight is 318 g/mol. The SMILES string of the molecule is N#Cc1ccc2cc(C(=O)[C@H]3CCCN(CC4CC4)C3)ccc2c1. The summed E-state index contributed by atoms with van der Waals surface area (Å²) in [5.74, 6) is 1.30. The number of nitrogens with zero attached hydrogens (tertiary/aromatic N) is 2. The largest absolute Gasteiger partial charge is 0.302 e. The molecule has 0 aromatic heterocycles. The first-order valence-corrected chi connectivity index (χ1v) is 8.93. The van der Waals surface area contributed by atoms with Crippen molar-refractivity contribution in [2.45, 2.75) is 25.7 Å². The highest BCUT2D eigenvalue weighted by Gasteiger charge is 2.30. The molecule has 0 amide bonds. The zero-order chi connectivity index (χ0) is 16.5. The van der Waals surface area contributed by atoms with E-state index in [0.717, 1.165) is 48.2 Å². The normalized spacial score (nSPS) is 21.5. The molecule has 0 N–H and O–H groups in total. The first kappa shape index (κ1) is 15.4. The second-order valence-corrected chi connectivity index (χ2v) is 7.29. The number of carbonyl (C=O) groups excluding carboxylic acids is 1. The Kier molecular flexibility index (Phi) is 4.08. The molecule has 1 saturated heterocycles. The zero-order valence-electron chi connectivity index (χ0n) is 13.9. The molecule has 3 nitrogen and oxygen atoms in total. The fourth-order valence-electron chi connectivity index (χ4n) is 3.81. The maximum absolute atomic E-state index is 12.9. The Morgan fingerprint density at radius 2 is 1.92 bits per heavy atom. The van der Waals surface area contributed by atoms with Crippen LogP contribution in [0.3, 0.4) is 0 Å². The van der Waals surface area contributed by atoms with Crippen molar-refractivity contribution in [2.75, 3.05) is 19.6 Å². The molecule has 1 saturated carbocycles. The van der Waals surface area contributed by atoms with E-state index in [2.05, 4.69) is 11.0 Å². The molecule has 1 aliphatic carbocycles. The number of fused-ring (bicyclic) bond motifs is 1. The zero-order valence-corrected chi connectivity index (χ0v) is 13.9. The number of Topliss-reactive ketones (excluding diaryl/α,β-unsaturated/α-hetero) is 1. The summed E-state index contributed by atoms with van der Waals surface area (Å²) in [7, 11) is 0. The van der Waals surface area contributed by atoms with Crippen LogP contribution in [0.2, 0.25) is 0 Å². The van der Waals surface area contributed by atoms with Crippen molar-refractivity contribution in [3.05, 3.63) is 47.5 Å². The smallest absolute Gasteiger partial charge is 0.167 e. The van der Waals surface area contributed by atoms with Gasteiger partial charge < -0.3 is 4.90 Å². The van der Waals surface area contributed by atoms with Gasteiger partial charge in [-0.25, -0.2) is 0 Å². The van der Waals surface area contributed by atoms with E-state index in [-0.39, 0.29) is 11.7 Å². The lowest BCUT2D eigenvalue weighted by molar-refractivity contribution is 0.0815. The lowest BCUT2D eigenvalue weighted by atomic mass is 9.89. The molecule has 0 radical (unpaired) electrons. The van der Waals surface area contributed by atoms with Gasteiger partial charge in [0.25, 0.3) is 0 Å². The molecular weight excluding hydrogens is 296 g/mol. The molecule has 3 heteroatoms. The molecule has 2 aliphatic rings. The van der Waals surface area contributed by atoms with Gasteiger partial charge in [-0.05, 0) is 67.1 Å². The van der Waals surface area contributed by atoms with Crippen LogP contribution in [0, 0.1) is 23.2 Å². The second-order valence-electron chi connectivity index (χ2n) is 7.29. The van der Waals surface area contributed by atoms with E-state index in [1.807, 2.05) is 36.4 Å². The third kappa shape index (κ3) is 3.20. The van der Waals surface area contributed by atoms with Gasteiger partial charge >= 0.3 is 0 Å². The minimum absolute atomic E-state index is 0.133. The molecular formula is C21H22N2O. The summed E-state index contributed by atoms with van der Waals surface area (Å²) in [6.45, 7) is 3.24. The predicted molar refractivity (Wildman–Crippen MR) is 94.9 cm³/mol. The molecule has 0 unspecified atom stereocenters. The van der Waals surface area contributed by atoms with Crippen molar-refractivity contribution in [3.8, 4) is 6.07 Å². The molecule has 4 rings (SSSR count). The number of carbonyl (C=O) groups is 1. The summed E-state index contributed by atoms with van der Waals surface area (Å²) < 4.78 is 0. The summed E-state index contributed by atoms with van der Waals surface area (Å²) in [6.07, 6.45) is 4.86. The minimum atomic E-state index is 0.133. The lowest BCUT2D eigenvalue weighted by Gasteiger charge is -2.32. The van der Waals surface area contributed by atoms with Crippen molar-refractivity contribution in [1.29, 1.82) is 5.26 Å².